The molecule has 0 aromatic rings. The van der Waals surface area contributed by atoms with Crippen molar-refractivity contribution in [3.05, 3.63) is 0 Å². The number of carbonyl (C=O) groups excluding carboxylic acids is 2. The molecule has 0 aromatic heterocycles. The zero-order valence-electron chi connectivity index (χ0n) is 14.8. The highest BCUT2D eigenvalue weighted by atomic mass is 16.5. The molecule has 2 amide bonds. The Balaban J connectivity index is 1.96. The molecule has 1 aliphatic carbocycles. The van der Waals surface area contributed by atoms with Crippen LogP contribution in [0.15, 0.2) is 0 Å². The van der Waals surface area contributed by atoms with Crippen LogP contribution in [0.1, 0.15) is 52.9 Å². The molecule has 0 radical (unpaired) electrons. The topological polar surface area (TPSA) is 58.6 Å². The second kappa shape index (κ2) is 8.67. The predicted octanol–water partition coefficient (Wildman–Crippen LogP) is 2.20. The highest BCUT2D eigenvalue weighted by Crippen LogP contribution is 2.31. The second-order valence-corrected chi connectivity index (χ2v) is 7.46. The smallest absolute Gasteiger partial charge is 0.245 e. The van der Waals surface area contributed by atoms with Gasteiger partial charge < -0.3 is 15.0 Å². The van der Waals surface area contributed by atoms with Gasteiger partial charge in [-0.3, -0.25) is 9.59 Å². The maximum absolute atomic E-state index is 12.8. The molecular formula is C18H32N2O3. The molecule has 2 aliphatic rings. The molecule has 1 saturated heterocycles. The van der Waals surface area contributed by atoms with Gasteiger partial charge in [-0.05, 0) is 31.1 Å². The minimum absolute atomic E-state index is 0.00431. The number of morpholine rings is 1. The first-order chi connectivity index (χ1) is 11.0. The first kappa shape index (κ1) is 18.2. The van der Waals surface area contributed by atoms with Crippen LogP contribution >= 0.6 is 0 Å². The summed E-state index contributed by atoms with van der Waals surface area (Å²) < 4.78 is 5.32. The standard InChI is InChI=1S/C18H32N2O3/c1-13(2)12-16(18(22)20-8-10-23-11-9-20)19-17(21)14(3)15-6-4-5-7-15/h13-16H,4-12H2,1-3H3,(H,19,21)/t14?,16-/m1/s1. The van der Waals surface area contributed by atoms with E-state index in [-0.39, 0.29) is 17.7 Å². The minimum Gasteiger partial charge on any atom is -0.378 e. The third-order valence-electron chi connectivity index (χ3n) is 5.16. The van der Waals surface area contributed by atoms with Crippen LogP contribution in [0.2, 0.25) is 0 Å². The van der Waals surface area contributed by atoms with Gasteiger partial charge in [0.2, 0.25) is 11.8 Å². The lowest BCUT2D eigenvalue weighted by Gasteiger charge is -2.32. The number of ether oxygens (including phenoxy) is 1. The van der Waals surface area contributed by atoms with E-state index >= 15 is 0 Å². The molecule has 0 bridgehead atoms. The number of carbonyl (C=O) groups is 2. The van der Waals surface area contributed by atoms with E-state index in [0.717, 1.165) is 12.8 Å². The van der Waals surface area contributed by atoms with E-state index in [1.54, 1.807) is 0 Å². The highest BCUT2D eigenvalue weighted by molar-refractivity contribution is 5.88. The molecule has 1 N–H and O–H groups in total. The van der Waals surface area contributed by atoms with E-state index in [2.05, 4.69) is 19.2 Å². The summed E-state index contributed by atoms with van der Waals surface area (Å²) in [5.74, 6) is 0.947. The maximum Gasteiger partial charge on any atom is 0.245 e. The SMILES string of the molecule is CC(C)C[C@@H](NC(=O)C(C)C1CCCC1)C(=O)N1CCOCC1. The first-order valence-corrected chi connectivity index (χ1v) is 9.16. The van der Waals surface area contributed by atoms with Crippen molar-refractivity contribution in [2.24, 2.45) is 17.8 Å². The Morgan fingerprint density at radius 2 is 1.74 bits per heavy atom. The van der Waals surface area contributed by atoms with Gasteiger partial charge in [0.25, 0.3) is 0 Å². The Labute approximate surface area is 140 Å². The molecule has 2 atom stereocenters. The van der Waals surface area contributed by atoms with Gasteiger partial charge in [-0.2, -0.15) is 0 Å². The molecule has 132 valence electrons. The molecule has 2 fully saturated rings. The third kappa shape index (κ3) is 5.20. The van der Waals surface area contributed by atoms with Gasteiger partial charge in [-0.15, -0.1) is 0 Å². The number of hydrogen-bond donors (Lipinski definition) is 1. The fourth-order valence-electron chi connectivity index (χ4n) is 3.67. The van der Waals surface area contributed by atoms with Crippen LogP contribution in [0.5, 0.6) is 0 Å². The first-order valence-electron chi connectivity index (χ1n) is 9.16. The van der Waals surface area contributed by atoms with Gasteiger partial charge >= 0.3 is 0 Å². The summed E-state index contributed by atoms with van der Waals surface area (Å²) in [7, 11) is 0. The molecule has 23 heavy (non-hydrogen) atoms. The molecular weight excluding hydrogens is 292 g/mol. The number of rotatable bonds is 6. The Kier molecular flexibility index (Phi) is 6.88. The van der Waals surface area contributed by atoms with Crippen LogP contribution in [0, 0.1) is 17.8 Å². The molecule has 5 heteroatoms. The summed E-state index contributed by atoms with van der Waals surface area (Å²) in [6.45, 7) is 8.62. The lowest BCUT2D eigenvalue weighted by Crippen LogP contribution is -2.53. The van der Waals surface area contributed by atoms with Gasteiger partial charge in [0, 0.05) is 19.0 Å². The van der Waals surface area contributed by atoms with Crippen LogP contribution in [0.25, 0.3) is 0 Å². The van der Waals surface area contributed by atoms with E-state index in [4.69, 9.17) is 4.74 Å². The van der Waals surface area contributed by atoms with Crippen LogP contribution in [-0.2, 0) is 14.3 Å². The molecule has 0 aromatic carbocycles. The van der Waals surface area contributed by atoms with Gasteiger partial charge in [0.15, 0.2) is 0 Å². The van der Waals surface area contributed by atoms with Gasteiger partial charge in [0.05, 0.1) is 13.2 Å². The molecule has 1 unspecified atom stereocenters. The van der Waals surface area contributed by atoms with E-state index in [9.17, 15) is 9.59 Å². The van der Waals surface area contributed by atoms with Crippen LogP contribution in [0.3, 0.4) is 0 Å². The van der Waals surface area contributed by atoms with Gasteiger partial charge in [0.1, 0.15) is 6.04 Å². The number of nitrogens with one attached hydrogen (secondary N) is 1. The molecule has 1 aliphatic heterocycles. The van der Waals surface area contributed by atoms with Crippen molar-refractivity contribution < 1.29 is 14.3 Å². The van der Waals surface area contributed by atoms with E-state index in [1.807, 2.05) is 11.8 Å². The number of nitrogens with zero attached hydrogens (tertiary/aromatic N) is 1. The quantitative estimate of drug-likeness (QED) is 0.815. The van der Waals surface area contributed by atoms with Crippen molar-refractivity contribution in [2.75, 3.05) is 26.3 Å². The fourth-order valence-corrected chi connectivity index (χ4v) is 3.67. The van der Waals surface area contributed by atoms with Gasteiger partial charge in [-0.1, -0.05) is 33.6 Å². The second-order valence-electron chi connectivity index (χ2n) is 7.46. The normalized spacial score (nSPS) is 22.2. The van der Waals surface area contributed by atoms with E-state index in [1.165, 1.54) is 12.8 Å². The lowest BCUT2D eigenvalue weighted by molar-refractivity contribution is -0.141. The third-order valence-corrected chi connectivity index (χ3v) is 5.16. The summed E-state index contributed by atoms with van der Waals surface area (Å²) in [6.07, 6.45) is 5.43. The van der Waals surface area contributed by atoms with Crippen molar-refractivity contribution >= 4 is 11.8 Å². The molecule has 1 heterocycles. The zero-order valence-corrected chi connectivity index (χ0v) is 14.8. The van der Waals surface area contributed by atoms with E-state index in [0.29, 0.717) is 44.6 Å². The molecule has 2 rings (SSSR count). The monoisotopic (exact) mass is 324 g/mol. The summed E-state index contributed by atoms with van der Waals surface area (Å²) in [4.78, 5) is 27.2. The van der Waals surface area contributed by atoms with E-state index < -0.39 is 6.04 Å². The Hall–Kier alpha value is -1.10. The van der Waals surface area contributed by atoms with Crippen molar-refractivity contribution in [2.45, 2.75) is 58.9 Å². The zero-order chi connectivity index (χ0) is 16.8. The molecule has 5 nitrogen and oxygen atoms in total. The predicted molar refractivity (Wildman–Crippen MR) is 89.9 cm³/mol. The average Bonchev–Trinajstić information content (AvgIpc) is 3.07. The summed E-state index contributed by atoms with van der Waals surface area (Å²) >= 11 is 0. The van der Waals surface area contributed by atoms with Gasteiger partial charge in [-0.25, -0.2) is 0 Å². The summed E-state index contributed by atoms with van der Waals surface area (Å²) in [5.41, 5.74) is 0. The molecule has 0 spiro atoms. The van der Waals surface area contributed by atoms with Crippen LogP contribution in [0.4, 0.5) is 0 Å². The van der Waals surface area contributed by atoms with Crippen LogP contribution in [-0.4, -0.2) is 49.1 Å². The van der Waals surface area contributed by atoms with Crippen molar-refractivity contribution in [3.63, 3.8) is 0 Å². The average molecular weight is 324 g/mol. The highest BCUT2D eigenvalue weighted by Gasteiger charge is 2.32. The fraction of sp³-hybridized carbons (Fsp3) is 0.889. The van der Waals surface area contributed by atoms with Crippen molar-refractivity contribution in [1.29, 1.82) is 0 Å². The maximum atomic E-state index is 12.8. The minimum atomic E-state index is -0.399. The number of amides is 2. The number of hydrogen-bond acceptors (Lipinski definition) is 3. The Bertz CT molecular complexity index is 399. The summed E-state index contributed by atoms with van der Waals surface area (Å²) in [6, 6.07) is -0.399. The van der Waals surface area contributed by atoms with Crippen LogP contribution < -0.4 is 5.32 Å². The van der Waals surface area contributed by atoms with Crippen molar-refractivity contribution in [1.82, 2.24) is 10.2 Å². The Morgan fingerprint density at radius 3 is 2.30 bits per heavy atom. The lowest BCUT2D eigenvalue weighted by atomic mass is 9.91. The largest absolute Gasteiger partial charge is 0.378 e. The summed E-state index contributed by atoms with van der Waals surface area (Å²) in [5, 5.41) is 3.05. The molecule has 1 saturated carbocycles. The Morgan fingerprint density at radius 1 is 1.13 bits per heavy atom. The van der Waals surface area contributed by atoms with Crippen molar-refractivity contribution in [3.8, 4) is 0 Å².